The lowest BCUT2D eigenvalue weighted by Crippen LogP contribution is -2.62. The Labute approximate surface area is 187 Å². The smallest absolute Gasteiger partial charge is 0.277 e. The van der Waals surface area contributed by atoms with Crippen LogP contribution in [0.2, 0.25) is 0 Å². The minimum absolute atomic E-state index is 0. The van der Waals surface area contributed by atoms with Gasteiger partial charge in [0.05, 0.1) is 5.97 Å². The highest BCUT2D eigenvalue weighted by molar-refractivity contribution is 7.88. The van der Waals surface area contributed by atoms with Crippen LogP contribution < -0.4 is 22.5 Å². The summed E-state index contributed by atoms with van der Waals surface area (Å²) in [5, 5.41) is 23.3. The Morgan fingerprint density at radius 2 is 1.29 bits per heavy atom. The number of quaternary nitrogens is 2. The van der Waals surface area contributed by atoms with Gasteiger partial charge in [-0.3, -0.25) is 4.55 Å². The van der Waals surface area contributed by atoms with Gasteiger partial charge in [0, 0.05) is 11.9 Å². The molecule has 0 aromatic heterocycles. The van der Waals surface area contributed by atoms with Crippen LogP contribution in [-0.2, 0) is 19.7 Å². The maximum absolute atomic E-state index is 11.9. The maximum Gasteiger partial charge on any atom is 0.277 e. The molecular formula is C21H44N2O7S. The third-order valence-electron chi connectivity index (χ3n) is 5.24. The van der Waals surface area contributed by atoms with Crippen molar-refractivity contribution in [2.75, 3.05) is 0 Å². The Morgan fingerprint density at radius 1 is 0.903 bits per heavy atom. The molecule has 0 rings (SSSR count). The third-order valence-corrected chi connectivity index (χ3v) is 6.76. The molecular weight excluding hydrogens is 424 g/mol. The van der Waals surface area contributed by atoms with Crippen LogP contribution >= 0.6 is 0 Å². The van der Waals surface area contributed by atoms with Crippen molar-refractivity contribution >= 4 is 22.1 Å². The van der Waals surface area contributed by atoms with Gasteiger partial charge in [-0.2, -0.15) is 8.42 Å². The van der Waals surface area contributed by atoms with E-state index in [1.807, 2.05) is 0 Å². The second-order valence-electron chi connectivity index (χ2n) is 8.46. The number of carbonyl (C=O) groups is 2. The molecule has 9 nitrogen and oxygen atoms in total. The fourth-order valence-electron chi connectivity index (χ4n) is 3.67. The summed E-state index contributed by atoms with van der Waals surface area (Å²) < 4.78 is 30.3. The van der Waals surface area contributed by atoms with Gasteiger partial charge >= 0.3 is 0 Å². The lowest BCUT2D eigenvalue weighted by molar-refractivity contribution is -0.325. The summed E-state index contributed by atoms with van der Waals surface area (Å²) in [5.41, 5.74) is 0.107. The molecule has 0 saturated carbocycles. The topological polar surface area (TPSA) is 208 Å². The fourth-order valence-corrected chi connectivity index (χ4v) is 4.88. The highest BCUT2D eigenvalue weighted by Gasteiger charge is 2.51. The van der Waals surface area contributed by atoms with E-state index < -0.39 is 39.1 Å². The Bertz CT molecular complexity index is 650. The second-order valence-corrected chi connectivity index (χ2v) is 10.1. The minimum Gasteiger partial charge on any atom is -0.550 e. The van der Waals surface area contributed by atoms with E-state index in [2.05, 4.69) is 20.4 Å². The molecule has 0 radical (unpaired) electrons. The monoisotopic (exact) mass is 468 g/mol. The van der Waals surface area contributed by atoms with Crippen LogP contribution in [0.5, 0.6) is 0 Å². The average molecular weight is 469 g/mol. The molecule has 0 aliphatic rings. The summed E-state index contributed by atoms with van der Waals surface area (Å²) in [4.78, 5) is 23.3. The molecule has 0 saturated heterocycles. The molecule has 0 amide bonds. The van der Waals surface area contributed by atoms with Gasteiger partial charge in [0.1, 0.15) is 4.75 Å². The molecule has 9 N–H and O–H groups in total. The van der Waals surface area contributed by atoms with Crippen LogP contribution in [0.25, 0.3) is 0 Å². The second kappa shape index (κ2) is 16.2. The third kappa shape index (κ3) is 11.6. The first-order valence-electron chi connectivity index (χ1n) is 10.4. The van der Waals surface area contributed by atoms with E-state index in [0.717, 1.165) is 25.7 Å². The van der Waals surface area contributed by atoms with Crippen molar-refractivity contribution in [1.82, 2.24) is 12.3 Å². The Hall–Kier alpha value is -1.49. The van der Waals surface area contributed by atoms with Gasteiger partial charge in [-0.05, 0) is 25.7 Å². The molecule has 0 spiro atoms. The number of carboxylic acids is 2. The van der Waals surface area contributed by atoms with Gasteiger partial charge in [-0.15, -0.1) is 6.58 Å². The van der Waals surface area contributed by atoms with Crippen molar-refractivity contribution in [1.29, 1.82) is 0 Å². The maximum atomic E-state index is 11.9. The number of rotatable bonds is 17. The number of hydrogen-bond acceptors (Lipinski definition) is 6. The molecule has 186 valence electrons. The van der Waals surface area contributed by atoms with Crippen molar-refractivity contribution in [3.05, 3.63) is 12.2 Å². The summed E-state index contributed by atoms with van der Waals surface area (Å²) in [5.74, 6) is -5.19. The molecule has 10 heteroatoms. The van der Waals surface area contributed by atoms with Gasteiger partial charge in [0.15, 0.2) is 0 Å². The van der Waals surface area contributed by atoms with E-state index in [1.165, 1.54) is 26.2 Å². The van der Waals surface area contributed by atoms with Crippen molar-refractivity contribution < 1.29 is 32.8 Å². The standard InChI is InChI=1S/C21H38O7S.2H3N/c1-16(2)13-11-9-7-5-6-8-10-12-14-18(19(22)23)21(20(24)25,15-17(3)4)29(26,27)28;;/h16,18H,3,5-15H2,1-2,4H3,(H,22,23)(H,24,25)(H,26,27,28);2*1H3. The van der Waals surface area contributed by atoms with Gasteiger partial charge in [0.25, 0.3) is 10.1 Å². The summed E-state index contributed by atoms with van der Waals surface area (Å²) in [7, 11) is -5.28. The zero-order valence-corrected chi connectivity index (χ0v) is 20.8. The normalized spacial score (nSPS) is 14.1. The molecule has 0 aliphatic heterocycles. The average Bonchev–Trinajstić information content (AvgIpc) is 2.56. The summed E-state index contributed by atoms with van der Waals surface area (Å²) in [6.07, 6.45) is 7.63. The molecule has 2 atom stereocenters. The van der Waals surface area contributed by atoms with E-state index in [1.54, 1.807) is 0 Å². The number of carbonyl (C=O) groups excluding carboxylic acids is 2. The highest BCUT2D eigenvalue weighted by Crippen LogP contribution is 2.36. The van der Waals surface area contributed by atoms with E-state index >= 15 is 0 Å². The molecule has 2 unspecified atom stereocenters. The van der Waals surface area contributed by atoms with Crippen LogP contribution in [-0.4, -0.2) is 29.7 Å². The zero-order valence-electron chi connectivity index (χ0n) is 19.9. The van der Waals surface area contributed by atoms with E-state index in [4.69, 9.17) is 0 Å². The predicted octanol–water partition coefficient (Wildman–Crippen LogP) is 3.00. The summed E-state index contributed by atoms with van der Waals surface area (Å²) >= 11 is 0. The Kier molecular flexibility index (Phi) is 17.8. The molecule has 0 aromatic rings. The van der Waals surface area contributed by atoms with Crippen molar-refractivity contribution in [3.63, 3.8) is 0 Å². The molecule has 0 bridgehead atoms. The molecule has 0 aromatic carbocycles. The molecule has 31 heavy (non-hydrogen) atoms. The lowest BCUT2D eigenvalue weighted by Gasteiger charge is -2.39. The number of allylic oxidation sites excluding steroid dienone is 1. The number of carboxylic acid groups (broad SMARTS) is 2. The van der Waals surface area contributed by atoms with Crippen LogP contribution in [0.4, 0.5) is 0 Å². The SMILES string of the molecule is C=C(C)CC(C(=O)[O-])(C(CCCCCCCCCCC(C)C)C(=O)[O-])S(=O)(=O)O.[NH4+].[NH4+]. The molecule has 0 fully saturated rings. The van der Waals surface area contributed by atoms with E-state index in [9.17, 15) is 32.8 Å². The van der Waals surface area contributed by atoms with Crippen molar-refractivity contribution in [3.8, 4) is 0 Å². The lowest BCUT2D eigenvalue weighted by atomic mass is 9.82. The predicted molar refractivity (Wildman–Crippen MR) is 120 cm³/mol. The van der Waals surface area contributed by atoms with Crippen LogP contribution in [0, 0.1) is 11.8 Å². The van der Waals surface area contributed by atoms with Crippen molar-refractivity contribution in [2.45, 2.75) is 96.1 Å². The fraction of sp³-hybridized carbons (Fsp3) is 0.810. The number of hydrogen-bond donors (Lipinski definition) is 3. The van der Waals surface area contributed by atoms with Crippen LogP contribution in [0.15, 0.2) is 12.2 Å². The first-order chi connectivity index (χ1) is 13.4. The highest BCUT2D eigenvalue weighted by atomic mass is 32.2. The molecule has 0 heterocycles. The van der Waals surface area contributed by atoms with Gasteiger partial charge < -0.3 is 32.1 Å². The van der Waals surface area contributed by atoms with E-state index in [0.29, 0.717) is 18.8 Å². The Balaban J connectivity index is -0.00000392. The van der Waals surface area contributed by atoms with Gasteiger partial charge in [0.2, 0.25) is 0 Å². The quantitative estimate of drug-likeness (QED) is 0.165. The summed E-state index contributed by atoms with van der Waals surface area (Å²) in [6.45, 7) is 9.22. The van der Waals surface area contributed by atoms with E-state index in [-0.39, 0.29) is 24.3 Å². The first-order valence-corrected chi connectivity index (χ1v) is 11.8. The van der Waals surface area contributed by atoms with Crippen LogP contribution in [0.1, 0.15) is 91.4 Å². The van der Waals surface area contributed by atoms with Crippen LogP contribution in [0.3, 0.4) is 0 Å². The number of aliphatic carboxylic acids is 2. The largest absolute Gasteiger partial charge is 0.550 e. The van der Waals surface area contributed by atoms with Crippen molar-refractivity contribution in [2.24, 2.45) is 11.8 Å². The summed E-state index contributed by atoms with van der Waals surface area (Å²) in [6, 6.07) is 0. The first kappa shape index (κ1) is 34.1. The molecule has 0 aliphatic carbocycles. The number of unbranched alkanes of at least 4 members (excludes halogenated alkanes) is 7. The Morgan fingerprint density at radius 3 is 1.58 bits per heavy atom. The zero-order chi connectivity index (χ0) is 22.7. The van der Waals surface area contributed by atoms with Gasteiger partial charge in [-0.1, -0.05) is 77.2 Å². The minimum atomic E-state index is -5.28. The van der Waals surface area contributed by atoms with Gasteiger partial charge in [-0.25, -0.2) is 0 Å².